The van der Waals surface area contributed by atoms with Crippen LogP contribution >= 0.6 is 7.82 Å². The summed E-state index contributed by atoms with van der Waals surface area (Å²) in [5, 5.41) is 48.7. The molecule has 14 heteroatoms. The number of hydrogen-bond donors (Lipinski definition) is 6. The number of carbonyl (C=O) groups excluding carboxylic acids is 2. The summed E-state index contributed by atoms with van der Waals surface area (Å²) in [6, 6.07) is 0. The Morgan fingerprint density at radius 2 is 1.15 bits per heavy atom. The fraction of sp³-hybridized carbons (Fsp3) is 0.733. The monoisotopic (exact) mass is 859 g/mol. The van der Waals surface area contributed by atoms with Gasteiger partial charge in [0.15, 0.2) is 6.10 Å². The van der Waals surface area contributed by atoms with Gasteiger partial charge in [0, 0.05) is 12.8 Å². The summed E-state index contributed by atoms with van der Waals surface area (Å²) in [6.07, 6.45) is 30.0. The molecule has 0 spiro atoms. The summed E-state index contributed by atoms with van der Waals surface area (Å²) in [6.45, 7) is 4.11. The van der Waals surface area contributed by atoms with E-state index in [0.29, 0.717) is 12.8 Å². The van der Waals surface area contributed by atoms with Gasteiger partial charge in [-0.1, -0.05) is 165 Å². The number of rotatable bonds is 39. The van der Waals surface area contributed by atoms with Crippen LogP contribution in [0.5, 0.6) is 0 Å². The lowest BCUT2D eigenvalue weighted by Gasteiger charge is -2.20. The first kappa shape index (κ1) is 56.5. The van der Waals surface area contributed by atoms with Gasteiger partial charge in [-0.15, -0.1) is 0 Å². The smallest absolute Gasteiger partial charge is 0.462 e. The van der Waals surface area contributed by atoms with Crippen LogP contribution in [-0.2, 0) is 32.7 Å². The van der Waals surface area contributed by atoms with Crippen LogP contribution in [0.15, 0.2) is 60.8 Å². The Balaban J connectivity index is 4.61. The van der Waals surface area contributed by atoms with Crippen molar-refractivity contribution in [2.24, 2.45) is 5.92 Å². The first-order valence-corrected chi connectivity index (χ1v) is 23.4. The number of hydrogen-bond acceptors (Lipinski definition) is 12. The normalized spacial score (nSPS) is 16.1. The van der Waals surface area contributed by atoms with Crippen LogP contribution in [-0.4, -0.2) is 99.3 Å². The molecule has 0 saturated heterocycles. The Morgan fingerprint density at radius 3 is 1.73 bits per heavy atom. The summed E-state index contributed by atoms with van der Waals surface area (Å²) in [7, 11) is -4.70. The van der Waals surface area contributed by atoms with Crippen LogP contribution in [0.2, 0.25) is 0 Å². The van der Waals surface area contributed by atoms with Gasteiger partial charge in [-0.2, -0.15) is 0 Å². The van der Waals surface area contributed by atoms with Crippen molar-refractivity contribution in [1.82, 2.24) is 0 Å². The van der Waals surface area contributed by atoms with Crippen molar-refractivity contribution in [3.8, 4) is 0 Å². The van der Waals surface area contributed by atoms with E-state index in [9.17, 15) is 39.5 Å². The largest absolute Gasteiger partial charge is 0.472 e. The van der Waals surface area contributed by atoms with Gasteiger partial charge < -0.3 is 39.9 Å². The van der Waals surface area contributed by atoms with Crippen molar-refractivity contribution in [3.63, 3.8) is 0 Å². The summed E-state index contributed by atoms with van der Waals surface area (Å²) in [5.41, 5.74) is 0. The zero-order chi connectivity index (χ0) is 44.0. The Kier molecular flexibility index (Phi) is 36.9. The molecule has 342 valence electrons. The number of ether oxygens (including phenoxy) is 2. The summed E-state index contributed by atoms with van der Waals surface area (Å²) < 4.78 is 32.5. The molecule has 0 aromatic carbocycles. The predicted molar refractivity (Wildman–Crippen MR) is 232 cm³/mol. The number of aliphatic hydroxyl groups is 5. The van der Waals surface area contributed by atoms with Crippen LogP contribution in [0, 0.1) is 5.92 Å². The molecule has 0 aliphatic carbocycles. The minimum absolute atomic E-state index is 0.0931. The number of aliphatic hydroxyl groups excluding tert-OH is 5. The molecule has 0 aromatic heterocycles. The van der Waals surface area contributed by atoms with Crippen LogP contribution in [0.25, 0.3) is 0 Å². The topological polar surface area (TPSA) is 210 Å². The van der Waals surface area contributed by atoms with Crippen molar-refractivity contribution in [3.05, 3.63) is 60.8 Å². The van der Waals surface area contributed by atoms with E-state index in [4.69, 9.17) is 19.1 Å². The number of unbranched alkanes of at least 4 members (excludes halogenated alkanes) is 12. The quantitative estimate of drug-likeness (QED) is 0.0113. The highest BCUT2D eigenvalue weighted by Gasteiger charge is 2.27. The molecule has 6 atom stereocenters. The molecule has 0 bridgehead atoms. The van der Waals surface area contributed by atoms with E-state index < -0.39 is 76.7 Å². The van der Waals surface area contributed by atoms with Crippen LogP contribution < -0.4 is 0 Å². The van der Waals surface area contributed by atoms with Gasteiger partial charge in [0.05, 0.1) is 38.1 Å². The maximum atomic E-state index is 12.6. The molecule has 59 heavy (non-hydrogen) atoms. The van der Waals surface area contributed by atoms with Crippen molar-refractivity contribution in [1.29, 1.82) is 0 Å². The molecule has 0 saturated carbocycles. The second-order valence-corrected chi connectivity index (χ2v) is 16.8. The van der Waals surface area contributed by atoms with Crippen LogP contribution in [0.1, 0.15) is 149 Å². The zero-order valence-electron chi connectivity index (χ0n) is 36.2. The lowest BCUT2D eigenvalue weighted by Crippen LogP contribution is -2.30. The Labute approximate surface area is 354 Å². The van der Waals surface area contributed by atoms with Crippen LogP contribution in [0.4, 0.5) is 0 Å². The molecular weight excluding hydrogens is 779 g/mol. The second-order valence-electron chi connectivity index (χ2n) is 15.4. The molecule has 0 radical (unpaired) electrons. The fourth-order valence-corrected chi connectivity index (χ4v) is 6.49. The molecule has 0 rings (SSSR count). The lowest BCUT2D eigenvalue weighted by atomic mass is 10.0. The highest BCUT2D eigenvalue weighted by Crippen LogP contribution is 2.43. The summed E-state index contributed by atoms with van der Waals surface area (Å²) in [4.78, 5) is 35.1. The fourth-order valence-electron chi connectivity index (χ4n) is 5.70. The first-order valence-electron chi connectivity index (χ1n) is 21.9. The van der Waals surface area contributed by atoms with Gasteiger partial charge in [-0.05, 0) is 38.0 Å². The van der Waals surface area contributed by atoms with E-state index in [1.54, 1.807) is 42.5 Å². The standard InChI is InChI=1S/C45H79O13P/c1-4-5-21-28-39(47)29-23-18-15-16-19-24-30-42(49)43(50)31-26-33-44(51)55-36-41(37-57-59(53,54)56-35-40(48)34-46)58-45(52)32-25-20-14-12-10-8-6-7-9-11-13-17-22-27-38(2)3/h5,15-16,18-19,21,23-24,29-30,38-43,46-50H,4,6-14,17,20,22,25-28,31-37H2,1-3H3,(H,53,54)/b18-15+,19-16-,21-5-,29-23+,30-24-/t39-,40+,41-,42+,43+/m1/s1. The molecule has 0 fully saturated rings. The lowest BCUT2D eigenvalue weighted by molar-refractivity contribution is -0.161. The molecule has 13 nitrogen and oxygen atoms in total. The average molecular weight is 859 g/mol. The minimum atomic E-state index is -4.70. The maximum Gasteiger partial charge on any atom is 0.472 e. The first-order chi connectivity index (χ1) is 28.3. The molecule has 1 unspecified atom stereocenters. The van der Waals surface area contributed by atoms with Crippen molar-refractivity contribution in [2.45, 2.75) is 180 Å². The number of esters is 2. The molecule has 0 aliphatic heterocycles. The van der Waals surface area contributed by atoms with E-state index in [1.165, 1.54) is 70.3 Å². The van der Waals surface area contributed by atoms with Gasteiger partial charge in [0.1, 0.15) is 12.7 Å². The van der Waals surface area contributed by atoms with Gasteiger partial charge in [0.2, 0.25) is 0 Å². The average Bonchev–Trinajstić information content (AvgIpc) is 3.20. The molecule has 0 aliphatic rings. The molecule has 0 heterocycles. The molecule has 0 amide bonds. The van der Waals surface area contributed by atoms with Crippen LogP contribution in [0.3, 0.4) is 0 Å². The Morgan fingerprint density at radius 1 is 0.627 bits per heavy atom. The minimum Gasteiger partial charge on any atom is -0.462 e. The number of phosphoric acid groups is 1. The maximum absolute atomic E-state index is 12.6. The van der Waals surface area contributed by atoms with Crippen molar-refractivity contribution < 1.29 is 63.1 Å². The number of phosphoric ester groups is 1. The predicted octanol–water partition coefficient (Wildman–Crippen LogP) is 8.27. The third kappa shape index (κ3) is 38.2. The van der Waals surface area contributed by atoms with Gasteiger partial charge in [0.25, 0.3) is 0 Å². The summed E-state index contributed by atoms with van der Waals surface area (Å²) in [5.74, 6) is -0.464. The highest BCUT2D eigenvalue weighted by atomic mass is 31.2. The third-order valence-electron chi connectivity index (χ3n) is 9.21. The number of allylic oxidation sites excluding steroid dienone is 7. The van der Waals surface area contributed by atoms with Gasteiger partial charge in [-0.25, -0.2) is 4.57 Å². The molecule has 0 aromatic rings. The van der Waals surface area contributed by atoms with E-state index in [1.807, 2.05) is 19.1 Å². The number of carbonyl (C=O) groups is 2. The highest BCUT2D eigenvalue weighted by molar-refractivity contribution is 7.47. The van der Waals surface area contributed by atoms with Crippen molar-refractivity contribution >= 4 is 19.8 Å². The summed E-state index contributed by atoms with van der Waals surface area (Å²) >= 11 is 0. The molecule has 6 N–H and O–H groups in total. The van der Waals surface area contributed by atoms with E-state index in [2.05, 4.69) is 18.4 Å². The van der Waals surface area contributed by atoms with Crippen molar-refractivity contribution in [2.75, 3.05) is 26.4 Å². The second kappa shape index (κ2) is 38.5. The van der Waals surface area contributed by atoms with E-state index in [0.717, 1.165) is 31.6 Å². The Hall–Kier alpha value is -2.45. The Bertz CT molecular complexity index is 1230. The van der Waals surface area contributed by atoms with Gasteiger partial charge in [-0.3, -0.25) is 18.6 Å². The zero-order valence-corrected chi connectivity index (χ0v) is 37.1. The van der Waals surface area contributed by atoms with E-state index >= 15 is 0 Å². The SMILES string of the molecule is CC/C=C\C[C@@H](O)/C=C/C=C/C=C\C=C/[C@H](O)[C@@H](O)CCCC(=O)OC[C@H](COP(=O)(O)OC[C@@H](O)CO)OC(=O)CCCCCCCCCCCCCCCC(C)C. The third-order valence-corrected chi connectivity index (χ3v) is 10.2. The van der Waals surface area contributed by atoms with Gasteiger partial charge >= 0.3 is 19.8 Å². The molecular formula is C45H79O13P. The van der Waals surface area contributed by atoms with E-state index in [-0.39, 0.29) is 25.7 Å².